The van der Waals surface area contributed by atoms with Gasteiger partial charge in [-0.3, -0.25) is 14.4 Å². The SMILES string of the molecule is COc1ccc2c(O[C@@H]3C[C@@H](C(=O)N[C@]45C[C@H]4/C=C\CCCCCNc4ccccc4S(=O)(=O)NC5=O)N(C(=O)c4cc5ccccc5[nH]4)C3)cc(-c3csc(NC(C)C)n3)nc2c1. The topological polar surface area (TPSA) is 197 Å². The third kappa shape index (κ3) is 8.73. The van der Waals surface area contributed by atoms with Crippen molar-refractivity contribution in [2.24, 2.45) is 5.92 Å². The van der Waals surface area contributed by atoms with Gasteiger partial charge in [-0.05, 0) is 75.9 Å². The second-order valence-corrected chi connectivity index (χ2v) is 19.4. The number of ether oxygens (including phenoxy) is 2. The Balaban J connectivity index is 1.04. The Morgan fingerprint density at radius 2 is 1.81 bits per heavy atom. The van der Waals surface area contributed by atoms with Crippen LogP contribution in [0.15, 0.2) is 101 Å². The molecule has 15 nitrogen and oxygen atoms in total. The summed E-state index contributed by atoms with van der Waals surface area (Å²) >= 11 is 1.47. The number of thiazole rings is 1. The maximum Gasteiger partial charge on any atom is 0.271 e. The number of para-hydroxylation sites is 2. The van der Waals surface area contributed by atoms with Crippen LogP contribution in [0.4, 0.5) is 10.8 Å². The number of H-pyrrole nitrogens is 1. The van der Waals surface area contributed by atoms with E-state index < -0.39 is 51.3 Å². The molecule has 2 aliphatic heterocycles. The number of pyridine rings is 1. The molecule has 1 aliphatic carbocycles. The zero-order chi connectivity index (χ0) is 44.6. The fraction of sp³-hybridized carbons (Fsp3) is 0.340. The molecule has 0 bridgehead atoms. The zero-order valence-electron chi connectivity index (χ0n) is 35.7. The van der Waals surface area contributed by atoms with E-state index in [0.29, 0.717) is 46.0 Å². The van der Waals surface area contributed by atoms with Crippen LogP contribution in [0.3, 0.4) is 0 Å². The first kappa shape index (κ1) is 42.8. The Bertz CT molecular complexity index is 2860. The van der Waals surface area contributed by atoms with Crippen molar-refractivity contribution < 1.29 is 32.3 Å². The van der Waals surface area contributed by atoms with Crippen molar-refractivity contribution in [3.05, 3.63) is 102 Å². The van der Waals surface area contributed by atoms with Gasteiger partial charge in [0.2, 0.25) is 5.91 Å². The average molecular weight is 903 g/mol. The van der Waals surface area contributed by atoms with E-state index >= 15 is 0 Å². The van der Waals surface area contributed by atoms with Gasteiger partial charge in [-0.1, -0.05) is 48.9 Å². The number of aromatic nitrogens is 3. The van der Waals surface area contributed by atoms with E-state index in [1.807, 2.05) is 79.9 Å². The number of carbonyl (C=O) groups excluding carboxylic acids is 3. The Labute approximate surface area is 375 Å². The molecule has 2 fully saturated rings. The number of nitrogens with one attached hydrogen (secondary N) is 5. The molecule has 3 aliphatic rings. The van der Waals surface area contributed by atoms with E-state index in [1.54, 1.807) is 31.4 Å². The summed E-state index contributed by atoms with van der Waals surface area (Å²) in [5.74, 6) is -1.27. The van der Waals surface area contributed by atoms with Crippen molar-refractivity contribution >= 4 is 71.7 Å². The third-order valence-corrected chi connectivity index (χ3v) is 14.1. The van der Waals surface area contributed by atoms with Crippen LogP contribution in [0, 0.1) is 5.92 Å². The highest BCUT2D eigenvalue weighted by Crippen LogP contribution is 2.46. The third-order valence-electron chi connectivity index (χ3n) is 11.9. The Morgan fingerprint density at radius 1 is 0.984 bits per heavy atom. The fourth-order valence-electron chi connectivity index (χ4n) is 8.56. The van der Waals surface area contributed by atoms with Crippen molar-refractivity contribution in [1.82, 2.24) is 29.9 Å². The molecule has 3 aromatic carbocycles. The van der Waals surface area contributed by atoms with Crippen molar-refractivity contribution in [2.75, 3.05) is 30.8 Å². The number of carbonyl (C=O) groups is 3. The second-order valence-electron chi connectivity index (χ2n) is 16.9. The standard InChI is InChI=1S/C47H50N8O7S2/c1-28(2)49-46-52-39(27-63-46)37-24-41(33-19-18-31(61-3)22-36(33)51-37)62-32-23-40(55(26-32)44(57)38-21-29-13-8-9-15-34(29)50-38)43(56)53-47-25-30(47)14-7-5-4-6-12-20-48-35-16-10-11-17-42(35)64(59,60)54-45(47)58/h7-11,13-19,21-22,24,27-28,30,32,40,48,50H,4-6,12,20,23,25-26H2,1-3H3,(H,49,52)(H,53,56)(H,54,58)/b14-7-/t30-,32-,40+,47-/m1/s1. The molecular weight excluding hydrogens is 853 g/mol. The van der Waals surface area contributed by atoms with Gasteiger partial charge in [-0.2, -0.15) is 0 Å². The van der Waals surface area contributed by atoms with Gasteiger partial charge >= 0.3 is 0 Å². The van der Waals surface area contributed by atoms with E-state index in [9.17, 15) is 22.8 Å². The fourth-order valence-corrected chi connectivity index (χ4v) is 10.6. The number of allylic oxidation sites excluding steroid dienone is 1. The average Bonchev–Trinajstić information content (AvgIpc) is 3.64. The number of benzene rings is 3. The maximum absolute atomic E-state index is 14.8. The number of anilines is 2. The summed E-state index contributed by atoms with van der Waals surface area (Å²) in [6.07, 6.45) is 6.88. The van der Waals surface area contributed by atoms with Gasteiger partial charge in [-0.25, -0.2) is 23.1 Å². The van der Waals surface area contributed by atoms with Crippen LogP contribution in [-0.2, 0) is 19.6 Å². The zero-order valence-corrected chi connectivity index (χ0v) is 37.4. The number of likely N-dealkylation sites (tertiary alicyclic amines) is 1. The monoisotopic (exact) mass is 902 g/mol. The number of rotatable bonds is 9. The molecule has 17 heteroatoms. The van der Waals surface area contributed by atoms with E-state index in [2.05, 4.69) is 25.7 Å². The number of sulfonamides is 1. The smallest absolute Gasteiger partial charge is 0.271 e. The van der Waals surface area contributed by atoms with Gasteiger partial charge in [0.05, 0.1) is 30.6 Å². The molecule has 1 saturated heterocycles. The molecule has 5 N–H and O–H groups in total. The van der Waals surface area contributed by atoms with E-state index in [0.717, 1.165) is 41.7 Å². The van der Waals surface area contributed by atoms with Crippen LogP contribution in [0.25, 0.3) is 33.2 Å². The highest BCUT2D eigenvalue weighted by molar-refractivity contribution is 7.90. The molecule has 5 heterocycles. The van der Waals surface area contributed by atoms with Crippen LogP contribution in [0.1, 0.15) is 62.9 Å². The van der Waals surface area contributed by atoms with Crippen molar-refractivity contribution in [2.45, 2.75) is 81.0 Å². The van der Waals surface area contributed by atoms with E-state index in [-0.39, 0.29) is 36.0 Å². The Morgan fingerprint density at radius 3 is 2.64 bits per heavy atom. The molecule has 3 amide bonds. The predicted octanol–water partition coefficient (Wildman–Crippen LogP) is 7.25. The molecule has 3 aromatic heterocycles. The largest absolute Gasteiger partial charge is 0.497 e. The van der Waals surface area contributed by atoms with Crippen molar-refractivity contribution in [1.29, 1.82) is 0 Å². The van der Waals surface area contributed by atoms with Crippen LogP contribution < -0.4 is 30.1 Å². The number of methoxy groups -OCH3 is 1. The van der Waals surface area contributed by atoms with Crippen LogP contribution in [-0.4, -0.2) is 89.9 Å². The minimum absolute atomic E-state index is 0.0292. The molecular formula is C47H50N8O7S2. The summed E-state index contributed by atoms with van der Waals surface area (Å²) in [7, 11) is -2.78. The second kappa shape index (κ2) is 17.6. The highest BCUT2D eigenvalue weighted by Gasteiger charge is 2.61. The molecule has 0 spiro atoms. The van der Waals surface area contributed by atoms with Gasteiger partial charge in [-0.15, -0.1) is 11.3 Å². The first-order valence-electron chi connectivity index (χ1n) is 21.6. The Hall–Kier alpha value is -6.46. The summed E-state index contributed by atoms with van der Waals surface area (Å²) in [6, 6.07) is 22.1. The van der Waals surface area contributed by atoms with Crippen LogP contribution >= 0.6 is 11.3 Å². The Kier molecular flexibility index (Phi) is 11.8. The minimum atomic E-state index is -4.36. The molecule has 332 valence electrons. The molecule has 64 heavy (non-hydrogen) atoms. The molecule has 0 unspecified atom stereocenters. The lowest BCUT2D eigenvalue weighted by Crippen LogP contribution is -2.56. The van der Waals surface area contributed by atoms with Gasteiger partial charge in [0.25, 0.3) is 21.8 Å². The van der Waals surface area contributed by atoms with E-state index in [1.165, 1.54) is 22.3 Å². The van der Waals surface area contributed by atoms with Crippen LogP contribution in [0.5, 0.6) is 11.5 Å². The molecule has 0 radical (unpaired) electrons. The lowest BCUT2D eigenvalue weighted by atomic mass is 10.1. The highest BCUT2D eigenvalue weighted by atomic mass is 32.2. The summed E-state index contributed by atoms with van der Waals surface area (Å²) in [5.41, 5.74) is 1.67. The first-order chi connectivity index (χ1) is 30.9. The van der Waals surface area contributed by atoms with Crippen LogP contribution in [0.2, 0.25) is 0 Å². The summed E-state index contributed by atoms with van der Waals surface area (Å²) in [6.45, 7) is 4.68. The van der Waals surface area contributed by atoms with Gasteiger partial charge in [0, 0.05) is 58.7 Å². The quantitative estimate of drug-likeness (QED) is 0.0917. The lowest BCUT2D eigenvalue weighted by Gasteiger charge is -2.26. The van der Waals surface area contributed by atoms with Gasteiger partial charge in [0.15, 0.2) is 5.13 Å². The molecule has 4 atom stereocenters. The molecule has 6 aromatic rings. The normalized spacial score (nSPS) is 22.6. The van der Waals surface area contributed by atoms with Gasteiger partial charge in [0.1, 0.15) is 45.5 Å². The first-order valence-corrected chi connectivity index (χ1v) is 23.9. The number of hydrogen-bond acceptors (Lipinski definition) is 12. The summed E-state index contributed by atoms with van der Waals surface area (Å²) < 4.78 is 42.4. The summed E-state index contributed by atoms with van der Waals surface area (Å²) in [5, 5.41) is 13.7. The lowest BCUT2D eigenvalue weighted by molar-refractivity contribution is -0.131. The van der Waals surface area contributed by atoms with Crippen molar-refractivity contribution in [3.8, 4) is 22.9 Å². The number of amides is 3. The number of nitrogens with zero attached hydrogens (tertiary/aromatic N) is 3. The van der Waals surface area contributed by atoms with E-state index in [4.69, 9.17) is 19.4 Å². The van der Waals surface area contributed by atoms with Crippen molar-refractivity contribution in [3.63, 3.8) is 0 Å². The van der Waals surface area contributed by atoms with Gasteiger partial charge < -0.3 is 35.3 Å². The summed E-state index contributed by atoms with van der Waals surface area (Å²) in [4.78, 5) is 58.0. The predicted molar refractivity (Wildman–Crippen MR) is 247 cm³/mol. The molecule has 1 saturated carbocycles. The number of fused-ring (bicyclic) bond motifs is 4. The minimum Gasteiger partial charge on any atom is -0.497 e. The number of aromatic amines is 1. The maximum atomic E-state index is 14.8. The molecule has 9 rings (SSSR count). The number of hydrogen-bond donors (Lipinski definition) is 5.